The Morgan fingerprint density at radius 2 is 2.07 bits per heavy atom. The molecular weight excluding hydrogens is 457 g/mol. The van der Waals surface area contributed by atoms with Crippen LogP contribution in [0, 0.1) is 0 Å². The number of ether oxygens (including phenoxy) is 2. The quantitative estimate of drug-likeness (QED) is 0.341. The highest BCUT2D eigenvalue weighted by molar-refractivity contribution is 14.0. The molecule has 1 saturated heterocycles. The summed E-state index contributed by atoms with van der Waals surface area (Å²) in [5.41, 5.74) is 1.13. The Morgan fingerprint density at radius 1 is 1.22 bits per heavy atom. The predicted octanol–water partition coefficient (Wildman–Crippen LogP) is 3.36. The summed E-state index contributed by atoms with van der Waals surface area (Å²) in [6, 6.07) is 11.9. The summed E-state index contributed by atoms with van der Waals surface area (Å²) in [4.78, 5) is 4.70. The Labute approximate surface area is 177 Å². The molecule has 1 aliphatic rings. The normalized spacial score (nSPS) is 16.6. The molecule has 0 amide bonds. The van der Waals surface area contributed by atoms with E-state index in [1.54, 1.807) is 13.4 Å². The number of nitrogens with zero attached hydrogens (tertiary/aromatic N) is 1. The monoisotopic (exact) mass is 485 g/mol. The lowest BCUT2D eigenvalue weighted by Gasteiger charge is -2.15. The molecule has 0 bridgehead atoms. The molecule has 1 atom stereocenters. The summed E-state index contributed by atoms with van der Waals surface area (Å²) in [5.74, 6) is 2.61. The number of aliphatic imine (C=N–C) groups is 1. The van der Waals surface area contributed by atoms with Crippen molar-refractivity contribution in [2.24, 2.45) is 4.99 Å². The highest BCUT2D eigenvalue weighted by Gasteiger charge is 2.15. The summed E-state index contributed by atoms with van der Waals surface area (Å²) < 4.78 is 16.3. The SMILES string of the molecule is COc1ccc(CN=C(NCCc2ccco2)NCC2CCCO2)cc1.I. The second-order valence-corrected chi connectivity index (χ2v) is 6.28. The molecule has 0 radical (unpaired) electrons. The average Bonchev–Trinajstić information content (AvgIpc) is 3.38. The number of benzene rings is 1. The van der Waals surface area contributed by atoms with Gasteiger partial charge in [-0.3, -0.25) is 0 Å². The molecule has 2 heterocycles. The van der Waals surface area contributed by atoms with Gasteiger partial charge in [0.25, 0.3) is 0 Å². The first-order valence-electron chi connectivity index (χ1n) is 9.12. The molecule has 1 aliphatic heterocycles. The molecule has 1 aromatic heterocycles. The van der Waals surface area contributed by atoms with Crippen molar-refractivity contribution in [3.8, 4) is 5.75 Å². The van der Waals surface area contributed by atoms with Gasteiger partial charge in [0.05, 0.1) is 26.0 Å². The number of nitrogens with one attached hydrogen (secondary N) is 2. The number of rotatable bonds is 8. The molecule has 148 valence electrons. The van der Waals surface area contributed by atoms with E-state index in [9.17, 15) is 0 Å². The fourth-order valence-corrected chi connectivity index (χ4v) is 2.85. The van der Waals surface area contributed by atoms with E-state index in [0.29, 0.717) is 6.54 Å². The molecular formula is C20H28IN3O3. The number of furan rings is 1. The van der Waals surface area contributed by atoms with Gasteiger partial charge < -0.3 is 24.5 Å². The van der Waals surface area contributed by atoms with E-state index in [1.807, 2.05) is 36.4 Å². The molecule has 1 aromatic carbocycles. The van der Waals surface area contributed by atoms with Gasteiger partial charge in [-0.1, -0.05) is 12.1 Å². The zero-order valence-corrected chi connectivity index (χ0v) is 18.0. The Balaban J connectivity index is 0.00000261. The summed E-state index contributed by atoms with van der Waals surface area (Å²) in [5, 5.41) is 6.77. The van der Waals surface area contributed by atoms with Crippen LogP contribution in [-0.4, -0.2) is 38.9 Å². The van der Waals surface area contributed by atoms with E-state index in [2.05, 4.69) is 10.6 Å². The zero-order chi connectivity index (χ0) is 18.0. The van der Waals surface area contributed by atoms with Gasteiger partial charge in [-0.15, -0.1) is 24.0 Å². The summed E-state index contributed by atoms with van der Waals surface area (Å²) >= 11 is 0. The molecule has 1 unspecified atom stereocenters. The van der Waals surface area contributed by atoms with E-state index in [4.69, 9.17) is 18.9 Å². The summed E-state index contributed by atoms with van der Waals surface area (Å²) in [6.45, 7) is 2.99. The van der Waals surface area contributed by atoms with Gasteiger partial charge in [0.15, 0.2) is 5.96 Å². The van der Waals surface area contributed by atoms with Crippen molar-refractivity contribution in [2.75, 3.05) is 26.8 Å². The topological polar surface area (TPSA) is 68.0 Å². The van der Waals surface area contributed by atoms with Crippen LogP contribution in [-0.2, 0) is 17.7 Å². The van der Waals surface area contributed by atoms with E-state index in [-0.39, 0.29) is 30.1 Å². The largest absolute Gasteiger partial charge is 0.497 e. The van der Waals surface area contributed by atoms with E-state index in [0.717, 1.165) is 62.0 Å². The summed E-state index contributed by atoms with van der Waals surface area (Å²) in [7, 11) is 1.67. The standard InChI is InChI=1S/C20H27N3O3.HI/c1-24-17-8-6-16(7-9-17)14-22-20(23-15-19-5-3-13-26-19)21-11-10-18-4-2-12-25-18;/h2,4,6-9,12,19H,3,5,10-11,13-15H2,1H3,(H2,21,22,23);1H. The third-order valence-corrected chi connectivity index (χ3v) is 4.34. The average molecular weight is 485 g/mol. The lowest BCUT2D eigenvalue weighted by atomic mass is 10.2. The van der Waals surface area contributed by atoms with Gasteiger partial charge in [-0.2, -0.15) is 0 Å². The van der Waals surface area contributed by atoms with Gasteiger partial charge >= 0.3 is 0 Å². The van der Waals surface area contributed by atoms with Crippen LogP contribution in [0.25, 0.3) is 0 Å². The van der Waals surface area contributed by atoms with Crippen LogP contribution >= 0.6 is 24.0 Å². The van der Waals surface area contributed by atoms with Gasteiger partial charge in [0.2, 0.25) is 0 Å². The first-order chi connectivity index (χ1) is 12.8. The molecule has 0 saturated carbocycles. The minimum atomic E-state index is 0. The molecule has 3 rings (SSSR count). The van der Waals surface area contributed by atoms with Gasteiger partial charge in [0, 0.05) is 26.1 Å². The van der Waals surface area contributed by atoms with Crippen molar-refractivity contribution in [2.45, 2.75) is 31.9 Å². The van der Waals surface area contributed by atoms with Crippen molar-refractivity contribution in [1.29, 1.82) is 0 Å². The lowest BCUT2D eigenvalue weighted by Crippen LogP contribution is -2.41. The van der Waals surface area contributed by atoms with Crippen LogP contribution in [0.3, 0.4) is 0 Å². The molecule has 7 heteroatoms. The third-order valence-electron chi connectivity index (χ3n) is 4.34. The molecule has 2 aromatic rings. The van der Waals surface area contributed by atoms with Crippen LogP contribution < -0.4 is 15.4 Å². The Hall–Kier alpha value is -1.74. The van der Waals surface area contributed by atoms with Crippen molar-refractivity contribution in [3.05, 3.63) is 54.0 Å². The van der Waals surface area contributed by atoms with Crippen molar-refractivity contribution < 1.29 is 13.9 Å². The molecule has 6 nitrogen and oxygen atoms in total. The smallest absolute Gasteiger partial charge is 0.191 e. The highest BCUT2D eigenvalue weighted by atomic mass is 127. The Morgan fingerprint density at radius 3 is 2.74 bits per heavy atom. The first-order valence-corrected chi connectivity index (χ1v) is 9.12. The number of halogens is 1. The second-order valence-electron chi connectivity index (χ2n) is 6.28. The highest BCUT2D eigenvalue weighted by Crippen LogP contribution is 2.12. The van der Waals surface area contributed by atoms with Crippen molar-refractivity contribution in [3.63, 3.8) is 0 Å². The zero-order valence-electron chi connectivity index (χ0n) is 15.6. The van der Waals surface area contributed by atoms with E-state index in [1.165, 1.54) is 0 Å². The fourth-order valence-electron chi connectivity index (χ4n) is 2.85. The maximum Gasteiger partial charge on any atom is 0.191 e. The number of hydrogen-bond donors (Lipinski definition) is 2. The van der Waals surface area contributed by atoms with Gasteiger partial charge in [-0.25, -0.2) is 4.99 Å². The fraction of sp³-hybridized carbons (Fsp3) is 0.450. The third kappa shape index (κ3) is 7.42. The molecule has 0 aliphatic carbocycles. The minimum absolute atomic E-state index is 0. The lowest BCUT2D eigenvalue weighted by molar-refractivity contribution is 0.114. The first kappa shape index (κ1) is 21.6. The Kier molecular flexibility index (Phi) is 9.47. The van der Waals surface area contributed by atoms with Gasteiger partial charge in [-0.05, 0) is 42.7 Å². The van der Waals surface area contributed by atoms with Crippen molar-refractivity contribution >= 4 is 29.9 Å². The van der Waals surface area contributed by atoms with Crippen molar-refractivity contribution in [1.82, 2.24) is 10.6 Å². The van der Waals surface area contributed by atoms with Crippen LogP contribution in [0.15, 0.2) is 52.1 Å². The second kappa shape index (κ2) is 11.9. The van der Waals surface area contributed by atoms with Crippen LogP contribution in [0.2, 0.25) is 0 Å². The number of hydrogen-bond acceptors (Lipinski definition) is 4. The maximum absolute atomic E-state index is 5.68. The molecule has 1 fully saturated rings. The van der Waals surface area contributed by atoms with Crippen LogP contribution in [0.5, 0.6) is 5.75 Å². The van der Waals surface area contributed by atoms with Crippen LogP contribution in [0.4, 0.5) is 0 Å². The molecule has 0 spiro atoms. The minimum Gasteiger partial charge on any atom is -0.497 e. The number of guanidine groups is 1. The maximum atomic E-state index is 5.68. The Bertz CT molecular complexity index is 668. The number of methoxy groups -OCH3 is 1. The molecule has 2 N–H and O–H groups in total. The predicted molar refractivity (Wildman–Crippen MR) is 117 cm³/mol. The van der Waals surface area contributed by atoms with Gasteiger partial charge in [0.1, 0.15) is 11.5 Å². The van der Waals surface area contributed by atoms with E-state index < -0.39 is 0 Å². The van der Waals surface area contributed by atoms with E-state index >= 15 is 0 Å². The summed E-state index contributed by atoms with van der Waals surface area (Å²) in [6.07, 6.45) is 5.02. The molecule has 27 heavy (non-hydrogen) atoms. The van der Waals surface area contributed by atoms with Crippen LogP contribution in [0.1, 0.15) is 24.2 Å².